The van der Waals surface area contributed by atoms with E-state index in [1.807, 2.05) is 12.4 Å². The summed E-state index contributed by atoms with van der Waals surface area (Å²) in [6.45, 7) is 7.55. The van der Waals surface area contributed by atoms with E-state index in [-0.39, 0.29) is 0 Å². The van der Waals surface area contributed by atoms with Gasteiger partial charge >= 0.3 is 0 Å². The Labute approximate surface area is 93.1 Å². The first-order valence-corrected chi connectivity index (χ1v) is 5.87. The van der Waals surface area contributed by atoms with Gasteiger partial charge in [0.15, 0.2) is 0 Å². The summed E-state index contributed by atoms with van der Waals surface area (Å²) in [6.07, 6.45) is 7.64. The van der Waals surface area contributed by atoms with Gasteiger partial charge in [-0.15, -0.1) is 0 Å². The molecular weight excluding hydrogens is 184 g/mol. The van der Waals surface area contributed by atoms with Crippen LogP contribution in [0, 0.1) is 6.92 Å². The molecule has 1 heterocycles. The fraction of sp³-hybridized carbons (Fsp3) is 0.615. The van der Waals surface area contributed by atoms with E-state index in [1.54, 1.807) is 0 Å². The third kappa shape index (κ3) is 4.43. The normalized spacial score (nSPS) is 12.7. The monoisotopic (exact) mass is 206 g/mol. The van der Waals surface area contributed by atoms with E-state index in [2.05, 4.69) is 37.1 Å². The molecule has 1 unspecified atom stereocenters. The minimum absolute atomic E-state index is 0.601. The van der Waals surface area contributed by atoms with Crippen molar-refractivity contribution in [3.05, 3.63) is 29.6 Å². The van der Waals surface area contributed by atoms with Gasteiger partial charge in [-0.3, -0.25) is 4.98 Å². The van der Waals surface area contributed by atoms with Crippen molar-refractivity contribution in [2.45, 2.75) is 52.6 Å². The van der Waals surface area contributed by atoms with Crippen molar-refractivity contribution in [2.75, 3.05) is 0 Å². The van der Waals surface area contributed by atoms with E-state index in [1.165, 1.54) is 30.4 Å². The van der Waals surface area contributed by atoms with Crippen LogP contribution in [0.4, 0.5) is 0 Å². The largest absolute Gasteiger partial charge is 0.310 e. The van der Waals surface area contributed by atoms with Crippen molar-refractivity contribution in [3.8, 4) is 0 Å². The van der Waals surface area contributed by atoms with Gasteiger partial charge in [0.05, 0.1) is 0 Å². The van der Waals surface area contributed by atoms with E-state index in [0.717, 1.165) is 6.54 Å². The molecule has 1 atom stereocenters. The lowest BCUT2D eigenvalue weighted by Gasteiger charge is -2.14. The average Bonchev–Trinajstić information content (AvgIpc) is 2.25. The van der Waals surface area contributed by atoms with Gasteiger partial charge in [0.1, 0.15) is 0 Å². The van der Waals surface area contributed by atoms with Crippen LogP contribution in [0.15, 0.2) is 18.5 Å². The molecule has 0 aliphatic heterocycles. The molecule has 84 valence electrons. The number of hydrogen-bond donors (Lipinski definition) is 1. The molecule has 0 fully saturated rings. The SMILES string of the molecule is CCCCC(C)NCc1cnccc1C. The number of nitrogens with zero attached hydrogens (tertiary/aromatic N) is 1. The Morgan fingerprint density at radius 1 is 1.47 bits per heavy atom. The summed E-state index contributed by atoms with van der Waals surface area (Å²) < 4.78 is 0. The Morgan fingerprint density at radius 3 is 2.93 bits per heavy atom. The summed E-state index contributed by atoms with van der Waals surface area (Å²) in [6, 6.07) is 2.66. The zero-order valence-corrected chi connectivity index (χ0v) is 10.1. The molecule has 0 amide bonds. The van der Waals surface area contributed by atoms with Gasteiger partial charge in [0.2, 0.25) is 0 Å². The second kappa shape index (κ2) is 6.57. The molecular formula is C13H22N2. The Kier molecular flexibility index (Phi) is 5.33. The molecule has 2 heteroatoms. The highest BCUT2D eigenvalue weighted by atomic mass is 14.9. The first kappa shape index (κ1) is 12.2. The number of aryl methyl sites for hydroxylation is 1. The maximum Gasteiger partial charge on any atom is 0.0315 e. The maximum atomic E-state index is 4.15. The molecule has 1 rings (SSSR count). The predicted octanol–water partition coefficient (Wildman–Crippen LogP) is 3.06. The Morgan fingerprint density at radius 2 is 2.27 bits per heavy atom. The number of nitrogens with one attached hydrogen (secondary N) is 1. The molecule has 0 aliphatic carbocycles. The van der Waals surface area contributed by atoms with Gasteiger partial charge < -0.3 is 5.32 Å². The zero-order valence-electron chi connectivity index (χ0n) is 10.1. The zero-order chi connectivity index (χ0) is 11.1. The van der Waals surface area contributed by atoms with Gasteiger partial charge in [-0.1, -0.05) is 19.8 Å². The maximum absolute atomic E-state index is 4.15. The molecule has 1 aromatic heterocycles. The highest BCUT2D eigenvalue weighted by Crippen LogP contribution is 2.06. The quantitative estimate of drug-likeness (QED) is 0.773. The lowest BCUT2D eigenvalue weighted by molar-refractivity contribution is 0.494. The molecule has 0 saturated heterocycles. The summed E-state index contributed by atoms with van der Waals surface area (Å²) in [7, 11) is 0. The fourth-order valence-electron chi connectivity index (χ4n) is 1.58. The summed E-state index contributed by atoms with van der Waals surface area (Å²) in [5.74, 6) is 0. The minimum atomic E-state index is 0.601. The van der Waals surface area contributed by atoms with Crippen LogP contribution in [0.3, 0.4) is 0 Å². The second-order valence-corrected chi connectivity index (χ2v) is 4.23. The van der Waals surface area contributed by atoms with Crippen LogP contribution in [0.2, 0.25) is 0 Å². The van der Waals surface area contributed by atoms with Gasteiger partial charge in [0.25, 0.3) is 0 Å². The highest BCUT2D eigenvalue weighted by Gasteiger charge is 2.02. The smallest absolute Gasteiger partial charge is 0.0315 e. The molecule has 0 aliphatic rings. The first-order chi connectivity index (χ1) is 7.24. The van der Waals surface area contributed by atoms with Gasteiger partial charge in [-0.25, -0.2) is 0 Å². The number of pyridine rings is 1. The van der Waals surface area contributed by atoms with Gasteiger partial charge in [0, 0.05) is 25.0 Å². The number of hydrogen-bond acceptors (Lipinski definition) is 2. The van der Waals surface area contributed by atoms with Crippen LogP contribution in [0.1, 0.15) is 44.2 Å². The Balaban J connectivity index is 2.33. The average molecular weight is 206 g/mol. The van der Waals surface area contributed by atoms with Crippen molar-refractivity contribution < 1.29 is 0 Å². The third-order valence-corrected chi connectivity index (χ3v) is 2.78. The van der Waals surface area contributed by atoms with Crippen molar-refractivity contribution in [1.29, 1.82) is 0 Å². The Bertz CT molecular complexity index is 284. The standard InChI is InChI=1S/C13H22N2/c1-4-5-6-12(3)15-10-13-9-14-8-7-11(13)2/h7-9,12,15H,4-6,10H2,1-3H3. The van der Waals surface area contributed by atoms with E-state index in [0.29, 0.717) is 6.04 Å². The van der Waals surface area contributed by atoms with E-state index >= 15 is 0 Å². The summed E-state index contributed by atoms with van der Waals surface area (Å²) >= 11 is 0. The number of rotatable bonds is 6. The summed E-state index contributed by atoms with van der Waals surface area (Å²) in [5.41, 5.74) is 2.63. The summed E-state index contributed by atoms with van der Waals surface area (Å²) in [5, 5.41) is 3.53. The van der Waals surface area contributed by atoms with Crippen molar-refractivity contribution in [1.82, 2.24) is 10.3 Å². The van der Waals surface area contributed by atoms with E-state index in [9.17, 15) is 0 Å². The van der Waals surface area contributed by atoms with Crippen LogP contribution in [-0.4, -0.2) is 11.0 Å². The molecule has 0 spiro atoms. The Hall–Kier alpha value is -0.890. The van der Waals surface area contributed by atoms with Crippen LogP contribution >= 0.6 is 0 Å². The topological polar surface area (TPSA) is 24.9 Å². The molecule has 2 nitrogen and oxygen atoms in total. The van der Waals surface area contributed by atoms with Crippen molar-refractivity contribution in [2.24, 2.45) is 0 Å². The molecule has 1 N–H and O–H groups in total. The first-order valence-electron chi connectivity index (χ1n) is 5.87. The molecule has 0 radical (unpaired) electrons. The number of aromatic nitrogens is 1. The molecule has 0 bridgehead atoms. The summed E-state index contributed by atoms with van der Waals surface area (Å²) in [4.78, 5) is 4.15. The predicted molar refractivity (Wildman–Crippen MR) is 64.8 cm³/mol. The third-order valence-electron chi connectivity index (χ3n) is 2.78. The molecule has 0 aromatic carbocycles. The molecule has 15 heavy (non-hydrogen) atoms. The number of unbranched alkanes of at least 4 members (excludes halogenated alkanes) is 1. The molecule has 1 aromatic rings. The van der Waals surface area contributed by atoms with Crippen LogP contribution in [0.5, 0.6) is 0 Å². The van der Waals surface area contributed by atoms with E-state index in [4.69, 9.17) is 0 Å². The molecule has 0 saturated carbocycles. The van der Waals surface area contributed by atoms with Crippen LogP contribution < -0.4 is 5.32 Å². The lowest BCUT2D eigenvalue weighted by atomic mass is 10.1. The van der Waals surface area contributed by atoms with Crippen molar-refractivity contribution >= 4 is 0 Å². The highest BCUT2D eigenvalue weighted by molar-refractivity contribution is 5.21. The fourth-order valence-corrected chi connectivity index (χ4v) is 1.58. The van der Waals surface area contributed by atoms with Gasteiger partial charge in [-0.05, 0) is 37.5 Å². The van der Waals surface area contributed by atoms with Crippen LogP contribution in [-0.2, 0) is 6.54 Å². The van der Waals surface area contributed by atoms with Crippen molar-refractivity contribution in [3.63, 3.8) is 0 Å². The second-order valence-electron chi connectivity index (χ2n) is 4.23. The van der Waals surface area contributed by atoms with Gasteiger partial charge in [-0.2, -0.15) is 0 Å². The van der Waals surface area contributed by atoms with Crippen LogP contribution in [0.25, 0.3) is 0 Å². The minimum Gasteiger partial charge on any atom is -0.310 e. The van der Waals surface area contributed by atoms with E-state index < -0.39 is 0 Å². The lowest BCUT2D eigenvalue weighted by Crippen LogP contribution is -2.25.